The van der Waals surface area contributed by atoms with Crippen molar-refractivity contribution < 1.29 is 9.90 Å². The van der Waals surface area contributed by atoms with Gasteiger partial charge in [0.15, 0.2) is 0 Å². The summed E-state index contributed by atoms with van der Waals surface area (Å²) in [6.45, 7) is 0.429. The van der Waals surface area contributed by atoms with E-state index in [4.69, 9.17) is 22.0 Å². The zero-order chi connectivity index (χ0) is 14.0. The number of halogens is 2. The lowest BCUT2D eigenvalue weighted by molar-refractivity contribution is 0.0697. The first-order valence-electron chi connectivity index (χ1n) is 5.28. The highest BCUT2D eigenvalue weighted by Gasteiger charge is 2.11. The maximum Gasteiger partial charge on any atom is 0.337 e. The van der Waals surface area contributed by atoms with Gasteiger partial charge in [-0.15, -0.1) is 0 Å². The van der Waals surface area contributed by atoms with E-state index in [1.807, 2.05) is 6.07 Å². The predicted octanol–water partition coefficient (Wildman–Crippen LogP) is 3.52. The summed E-state index contributed by atoms with van der Waals surface area (Å²) < 4.78 is 2.39. The minimum atomic E-state index is -0.981. The smallest absolute Gasteiger partial charge is 0.337 e. The van der Waals surface area contributed by atoms with Crippen LogP contribution in [0.4, 0.5) is 0 Å². The Bertz CT molecular complexity index is 688. The molecule has 0 saturated carbocycles. The normalized spacial score (nSPS) is 10.2. The Hall–Kier alpha value is -1.77. The molecule has 0 amide bonds. The molecule has 0 aliphatic heterocycles. The monoisotopic (exact) mass is 338 g/mol. The minimum absolute atomic E-state index is 0.205. The molecule has 0 aliphatic rings. The van der Waals surface area contributed by atoms with E-state index >= 15 is 0 Å². The average molecular weight is 340 g/mol. The molecule has 0 unspecified atom stereocenters. The molecule has 0 spiro atoms. The number of aromatic nitrogens is 1. The van der Waals surface area contributed by atoms with E-state index in [1.54, 1.807) is 22.8 Å². The largest absolute Gasteiger partial charge is 0.478 e. The zero-order valence-corrected chi connectivity index (χ0v) is 11.9. The van der Waals surface area contributed by atoms with Gasteiger partial charge in [0.05, 0.1) is 21.8 Å². The summed E-state index contributed by atoms with van der Waals surface area (Å²) in [6.07, 6.45) is 1.53. The third kappa shape index (κ3) is 2.98. The van der Waals surface area contributed by atoms with Gasteiger partial charge in [0.1, 0.15) is 0 Å². The summed E-state index contributed by atoms with van der Waals surface area (Å²) in [7, 11) is 0. The molecule has 0 atom stereocenters. The van der Waals surface area contributed by atoms with Crippen molar-refractivity contribution in [2.24, 2.45) is 0 Å². The second kappa shape index (κ2) is 5.47. The SMILES string of the molecule is N#Cc1ccc(Cn2cc(C(=O)O)cc2Br)c(Cl)c1. The van der Waals surface area contributed by atoms with Gasteiger partial charge in [0.25, 0.3) is 0 Å². The molecule has 2 rings (SSSR count). The van der Waals surface area contributed by atoms with Crippen LogP contribution in [0.5, 0.6) is 0 Å². The summed E-state index contributed by atoms with van der Waals surface area (Å²) in [5.74, 6) is -0.981. The molecule has 1 aromatic heterocycles. The molecule has 0 bridgehead atoms. The van der Waals surface area contributed by atoms with E-state index in [0.717, 1.165) is 5.56 Å². The number of rotatable bonds is 3. The molecule has 0 saturated heterocycles. The number of carboxylic acids is 1. The Morgan fingerprint density at radius 3 is 2.74 bits per heavy atom. The Kier molecular flexibility index (Phi) is 3.93. The van der Waals surface area contributed by atoms with Crippen LogP contribution in [0.15, 0.2) is 35.1 Å². The fraction of sp³-hybridized carbons (Fsp3) is 0.0769. The molecule has 0 radical (unpaired) electrons. The van der Waals surface area contributed by atoms with Crippen molar-refractivity contribution in [3.8, 4) is 6.07 Å². The van der Waals surface area contributed by atoms with Crippen molar-refractivity contribution >= 4 is 33.5 Å². The lowest BCUT2D eigenvalue weighted by Crippen LogP contribution is -2.00. The van der Waals surface area contributed by atoms with E-state index in [1.165, 1.54) is 12.3 Å². The number of carbonyl (C=O) groups is 1. The van der Waals surface area contributed by atoms with E-state index in [9.17, 15) is 4.79 Å². The van der Waals surface area contributed by atoms with Crippen molar-refractivity contribution in [1.82, 2.24) is 4.57 Å². The fourth-order valence-electron chi connectivity index (χ4n) is 1.64. The molecule has 0 fully saturated rings. The molecular weight excluding hydrogens is 332 g/mol. The molecule has 1 aromatic carbocycles. The lowest BCUT2D eigenvalue weighted by atomic mass is 10.1. The molecule has 19 heavy (non-hydrogen) atoms. The van der Waals surface area contributed by atoms with E-state index in [0.29, 0.717) is 21.7 Å². The standard InChI is InChI=1S/C13H8BrClN2O2/c14-12-4-10(13(18)19)7-17(12)6-9-2-1-8(5-16)3-11(9)15/h1-4,7H,6H2,(H,18,19). The maximum absolute atomic E-state index is 10.9. The first-order valence-corrected chi connectivity index (χ1v) is 6.46. The van der Waals surface area contributed by atoms with Crippen molar-refractivity contribution in [3.63, 3.8) is 0 Å². The summed E-state index contributed by atoms with van der Waals surface area (Å²) >= 11 is 9.38. The second-order valence-electron chi connectivity index (χ2n) is 3.90. The van der Waals surface area contributed by atoms with E-state index in [-0.39, 0.29) is 5.56 Å². The average Bonchev–Trinajstić information content (AvgIpc) is 2.73. The van der Waals surface area contributed by atoms with Crippen LogP contribution >= 0.6 is 27.5 Å². The number of hydrogen-bond acceptors (Lipinski definition) is 2. The summed E-state index contributed by atoms with van der Waals surface area (Å²) in [6, 6.07) is 8.56. The first-order chi connectivity index (χ1) is 9.01. The number of nitrogens with zero attached hydrogens (tertiary/aromatic N) is 2. The number of aromatic carboxylic acids is 1. The predicted molar refractivity (Wildman–Crippen MR) is 74.4 cm³/mol. The van der Waals surface area contributed by atoms with Crippen LogP contribution in [0, 0.1) is 11.3 Å². The van der Waals surface area contributed by atoms with Gasteiger partial charge in [-0.1, -0.05) is 17.7 Å². The van der Waals surface area contributed by atoms with Crippen LogP contribution in [0.25, 0.3) is 0 Å². The molecule has 1 heterocycles. The van der Waals surface area contributed by atoms with Gasteiger partial charge in [0, 0.05) is 17.8 Å². The number of benzene rings is 1. The highest BCUT2D eigenvalue weighted by Crippen LogP contribution is 2.22. The molecule has 2 aromatic rings. The Morgan fingerprint density at radius 2 is 2.21 bits per heavy atom. The molecule has 96 valence electrons. The molecule has 0 aliphatic carbocycles. The van der Waals surface area contributed by atoms with Crippen molar-refractivity contribution in [2.45, 2.75) is 6.54 Å². The number of nitriles is 1. The van der Waals surface area contributed by atoms with E-state index < -0.39 is 5.97 Å². The van der Waals surface area contributed by atoms with Gasteiger partial charge in [0.2, 0.25) is 0 Å². The first kappa shape index (κ1) is 13.7. The Morgan fingerprint density at radius 1 is 1.47 bits per heavy atom. The molecule has 4 nitrogen and oxygen atoms in total. The zero-order valence-electron chi connectivity index (χ0n) is 9.60. The Balaban J connectivity index is 2.31. The van der Waals surface area contributed by atoms with Crippen molar-refractivity contribution in [1.29, 1.82) is 5.26 Å². The number of hydrogen-bond donors (Lipinski definition) is 1. The van der Waals surface area contributed by atoms with Gasteiger partial charge >= 0.3 is 5.97 Å². The fourth-order valence-corrected chi connectivity index (χ4v) is 2.36. The van der Waals surface area contributed by atoms with Crippen molar-refractivity contribution in [2.75, 3.05) is 0 Å². The van der Waals surface area contributed by atoms with Crippen LogP contribution < -0.4 is 0 Å². The van der Waals surface area contributed by atoms with Gasteiger partial charge in [-0.05, 0) is 39.7 Å². The quantitative estimate of drug-likeness (QED) is 0.930. The third-order valence-corrected chi connectivity index (χ3v) is 3.65. The number of carboxylic acid groups (broad SMARTS) is 1. The molecule has 1 N–H and O–H groups in total. The highest BCUT2D eigenvalue weighted by atomic mass is 79.9. The second-order valence-corrected chi connectivity index (χ2v) is 5.12. The van der Waals surface area contributed by atoms with Gasteiger partial charge < -0.3 is 9.67 Å². The van der Waals surface area contributed by atoms with Crippen LogP contribution in [0.1, 0.15) is 21.5 Å². The van der Waals surface area contributed by atoms with Crippen LogP contribution in [0.2, 0.25) is 5.02 Å². The summed E-state index contributed by atoms with van der Waals surface area (Å²) in [5.41, 5.74) is 1.51. The van der Waals surface area contributed by atoms with Crippen LogP contribution in [-0.2, 0) is 6.54 Å². The van der Waals surface area contributed by atoms with Crippen molar-refractivity contribution in [3.05, 3.63) is 56.8 Å². The van der Waals surface area contributed by atoms with Gasteiger partial charge in [-0.2, -0.15) is 5.26 Å². The Labute approximate surface area is 123 Å². The van der Waals surface area contributed by atoms with Gasteiger partial charge in [-0.25, -0.2) is 4.79 Å². The van der Waals surface area contributed by atoms with Crippen LogP contribution in [0.3, 0.4) is 0 Å². The molecular formula is C13H8BrClN2O2. The summed E-state index contributed by atoms with van der Waals surface area (Å²) in [5, 5.41) is 18.2. The lowest BCUT2D eigenvalue weighted by Gasteiger charge is -2.07. The topological polar surface area (TPSA) is 66.0 Å². The highest BCUT2D eigenvalue weighted by molar-refractivity contribution is 9.10. The third-order valence-electron chi connectivity index (χ3n) is 2.61. The molecule has 6 heteroatoms. The maximum atomic E-state index is 10.9. The minimum Gasteiger partial charge on any atom is -0.478 e. The van der Waals surface area contributed by atoms with Crippen LogP contribution in [-0.4, -0.2) is 15.6 Å². The summed E-state index contributed by atoms with van der Waals surface area (Å²) in [4.78, 5) is 10.9. The van der Waals surface area contributed by atoms with E-state index in [2.05, 4.69) is 15.9 Å². The van der Waals surface area contributed by atoms with Gasteiger partial charge in [-0.3, -0.25) is 0 Å².